The van der Waals surface area contributed by atoms with Crippen LogP contribution in [0.2, 0.25) is 0 Å². The number of amides is 2. The summed E-state index contributed by atoms with van der Waals surface area (Å²) in [6.07, 6.45) is 2.04. The molecular weight excluding hydrogens is 300 g/mol. The van der Waals surface area contributed by atoms with Crippen molar-refractivity contribution in [2.45, 2.75) is 20.3 Å². The van der Waals surface area contributed by atoms with Gasteiger partial charge in [0.05, 0.1) is 0 Å². The lowest BCUT2D eigenvalue weighted by atomic mass is 10.1. The van der Waals surface area contributed by atoms with Crippen LogP contribution < -0.4 is 5.32 Å². The van der Waals surface area contributed by atoms with Crippen LogP contribution in [0.3, 0.4) is 0 Å². The Bertz CT molecular complexity index is 810. The molecule has 0 atom stereocenters. The number of rotatable bonds is 5. The maximum atomic E-state index is 12.5. The molecule has 4 heteroatoms. The van der Waals surface area contributed by atoms with Gasteiger partial charge in [0, 0.05) is 18.3 Å². The first-order valence-corrected chi connectivity index (χ1v) is 8.00. The van der Waals surface area contributed by atoms with Crippen LogP contribution in [-0.2, 0) is 16.0 Å². The van der Waals surface area contributed by atoms with Crippen molar-refractivity contribution in [3.8, 4) is 0 Å². The fraction of sp³-hybridized carbons (Fsp3) is 0.200. The molecule has 122 valence electrons. The molecule has 1 heterocycles. The molecular formula is C20H20N2O2. The van der Waals surface area contributed by atoms with Gasteiger partial charge in [-0.15, -0.1) is 0 Å². The third-order valence-corrected chi connectivity index (χ3v) is 4.14. The van der Waals surface area contributed by atoms with Gasteiger partial charge in [-0.05, 0) is 43.0 Å². The quantitative estimate of drug-likeness (QED) is 0.861. The van der Waals surface area contributed by atoms with Gasteiger partial charge in [-0.2, -0.15) is 0 Å². The highest BCUT2D eigenvalue weighted by Crippen LogP contribution is 2.21. The topological polar surface area (TPSA) is 49.4 Å². The second-order valence-corrected chi connectivity index (χ2v) is 6.03. The molecule has 1 aliphatic rings. The van der Waals surface area contributed by atoms with E-state index >= 15 is 0 Å². The Morgan fingerprint density at radius 3 is 2.50 bits per heavy atom. The molecule has 0 saturated heterocycles. The second-order valence-electron chi connectivity index (χ2n) is 6.03. The minimum atomic E-state index is -0.267. The van der Waals surface area contributed by atoms with Crippen LogP contribution in [0, 0.1) is 13.8 Å². The maximum absolute atomic E-state index is 12.5. The molecule has 0 spiro atoms. The fourth-order valence-electron chi connectivity index (χ4n) is 2.71. The molecule has 0 radical (unpaired) electrons. The summed E-state index contributed by atoms with van der Waals surface area (Å²) < 4.78 is 0. The summed E-state index contributed by atoms with van der Waals surface area (Å²) in [6.45, 7) is 4.35. The van der Waals surface area contributed by atoms with E-state index in [0.717, 1.165) is 22.4 Å². The van der Waals surface area contributed by atoms with Crippen molar-refractivity contribution >= 4 is 17.5 Å². The third kappa shape index (κ3) is 3.38. The molecule has 4 nitrogen and oxygen atoms in total. The van der Waals surface area contributed by atoms with Crippen LogP contribution >= 0.6 is 0 Å². The van der Waals surface area contributed by atoms with Crippen LogP contribution in [0.25, 0.3) is 0 Å². The zero-order valence-corrected chi connectivity index (χ0v) is 13.9. The lowest BCUT2D eigenvalue weighted by Crippen LogP contribution is -2.33. The van der Waals surface area contributed by atoms with E-state index in [1.54, 1.807) is 0 Å². The number of hydrogen-bond donors (Lipinski definition) is 1. The molecule has 2 aromatic rings. The molecule has 24 heavy (non-hydrogen) atoms. The van der Waals surface area contributed by atoms with Gasteiger partial charge in [0.25, 0.3) is 11.8 Å². The summed E-state index contributed by atoms with van der Waals surface area (Å²) >= 11 is 0. The average Bonchev–Trinajstić information content (AvgIpc) is 2.84. The normalized spacial score (nSPS) is 14.1. The van der Waals surface area contributed by atoms with Crippen LogP contribution in [0.1, 0.15) is 16.7 Å². The van der Waals surface area contributed by atoms with E-state index in [4.69, 9.17) is 0 Å². The molecule has 0 unspecified atom stereocenters. The molecule has 1 N–H and O–H groups in total. The van der Waals surface area contributed by atoms with Crippen molar-refractivity contribution in [1.82, 2.24) is 4.90 Å². The zero-order valence-electron chi connectivity index (χ0n) is 13.9. The molecule has 3 rings (SSSR count). The van der Waals surface area contributed by atoms with Gasteiger partial charge < -0.3 is 5.32 Å². The molecule has 1 aliphatic heterocycles. The predicted molar refractivity (Wildman–Crippen MR) is 94.5 cm³/mol. The summed E-state index contributed by atoms with van der Waals surface area (Å²) in [4.78, 5) is 26.0. The lowest BCUT2D eigenvalue weighted by molar-refractivity contribution is -0.137. The third-order valence-electron chi connectivity index (χ3n) is 4.14. The Hall–Kier alpha value is -2.88. The Morgan fingerprint density at radius 2 is 1.75 bits per heavy atom. The van der Waals surface area contributed by atoms with Gasteiger partial charge in [-0.3, -0.25) is 14.5 Å². The summed E-state index contributed by atoms with van der Waals surface area (Å²) in [6, 6.07) is 15.8. The van der Waals surface area contributed by atoms with Crippen LogP contribution in [0.4, 0.5) is 5.69 Å². The lowest BCUT2D eigenvalue weighted by Gasteiger charge is -2.16. The van der Waals surface area contributed by atoms with Crippen LogP contribution in [0.5, 0.6) is 0 Å². The summed E-state index contributed by atoms with van der Waals surface area (Å²) in [5.41, 5.74) is 4.42. The number of imide groups is 1. The van der Waals surface area contributed by atoms with E-state index in [1.165, 1.54) is 11.0 Å². The van der Waals surface area contributed by atoms with Crippen molar-refractivity contribution in [1.29, 1.82) is 0 Å². The first-order valence-electron chi connectivity index (χ1n) is 8.00. The maximum Gasteiger partial charge on any atom is 0.277 e. The monoisotopic (exact) mass is 320 g/mol. The minimum Gasteiger partial charge on any atom is -0.351 e. The van der Waals surface area contributed by atoms with E-state index in [0.29, 0.717) is 18.7 Å². The van der Waals surface area contributed by atoms with Crippen LogP contribution in [-0.4, -0.2) is 23.3 Å². The van der Waals surface area contributed by atoms with Gasteiger partial charge in [0.2, 0.25) is 0 Å². The Balaban J connectivity index is 1.69. The number of carbonyl (C=O) groups is 2. The van der Waals surface area contributed by atoms with Crippen molar-refractivity contribution in [3.05, 3.63) is 77.0 Å². The number of benzene rings is 2. The largest absolute Gasteiger partial charge is 0.351 e. The predicted octanol–water partition coefficient (Wildman–Crippen LogP) is 3.21. The van der Waals surface area contributed by atoms with Gasteiger partial charge in [-0.1, -0.05) is 42.5 Å². The highest BCUT2D eigenvalue weighted by molar-refractivity contribution is 6.17. The number of carbonyl (C=O) groups excluding carboxylic acids is 2. The van der Waals surface area contributed by atoms with Crippen molar-refractivity contribution in [2.75, 3.05) is 11.9 Å². The molecule has 0 fully saturated rings. The van der Waals surface area contributed by atoms with E-state index in [9.17, 15) is 9.59 Å². The number of anilines is 1. The Labute approximate surface area is 141 Å². The van der Waals surface area contributed by atoms with Crippen molar-refractivity contribution in [2.24, 2.45) is 0 Å². The number of hydrogen-bond acceptors (Lipinski definition) is 3. The summed E-state index contributed by atoms with van der Waals surface area (Å²) in [5.74, 6) is -0.527. The molecule has 0 aromatic heterocycles. The van der Waals surface area contributed by atoms with Crippen molar-refractivity contribution < 1.29 is 9.59 Å². The molecule has 2 aromatic carbocycles. The van der Waals surface area contributed by atoms with E-state index in [1.807, 2.05) is 62.4 Å². The molecule has 0 aliphatic carbocycles. The smallest absolute Gasteiger partial charge is 0.277 e. The summed E-state index contributed by atoms with van der Waals surface area (Å²) in [7, 11) is 0. The average molecular weight is 320 g/mol. The number of nitrogens with zero attached hydrogens (tertiary/aromatic N) is 1. The first-order chi connectivity index (χ1) is 11.5. The van der Waals surface area contributed by atoms with Gasteiger partial charge in [-0.25, -0.2) is 0 Å². The van der Waals surface area contributed by atoms with Gasteiger partial charge in [0.1, 0.15) is 5.70 Å². The molecule has 0 bridgehead atoms. The van der Waals surface area contributed by atoms with Gasteiger partial charge in [0.15, 0.2) is 0 Å². The van der Waals surface area contributed by atoms with E-state index in [2.05, 4.69) is 5.32 Å². The SMILES string of the molecule is Cc1ccc(C)c(NC2=CC(=O)N(CCc3ccccc3)C2=O)c1. The zero-order chi connectivity index (χ0) is 17.1. The van der Waals surface area contributed by atoms with E-state index < -0.39 is 0 Å². The first kappa shape index (κ1) is 16.0. The number of aryl methyl sites for hydroxylation is 2. The highest BCUT2D eigenvalue weighted by Gasteiger charge is 2.30. The van der Waals surface area contributed by atoms with E-state index in [-0.39, 0.29) is 11.8 Å². The number of nitrogens with one attached hydrogen (secondary N) is 1. The van der Waals surface area contributed by atoms with Crippen LogP contribution in [0.15, 0.2) is 60.3 Å². The minimum absolute atomic E-state index is 0.260. The van der Waals surface area contributed by atoms with Crippen molar-refractivity contribution in [3.63, 3.8) is 0 Å². The highest BCUT2D eigenvalue weighted by atomic mass is 16.2. The second kappa shape index (κ2) is 6.71. The molecule has 2 amide bonds. The Kier molecular flexibility index (Phi) is 4.47. The molecule has 0 saturated carbocycles. The standard InChI is InChI=1S/C20H20N2O2/c1-14-8-9-15(2)17(12-14)21-18-13-19(23)22(20(18)24)11-10-16-6-4-3-5-7-16/h3-9,12-13,21H,10-11H2,1-2H3. The van der Waals surface area contributed by atoms with Gasteiger partial charge >= 0.3 is 0 Å². The summed E-state index contributed by atoms with van der Waals surface area (Å²) in [5, 5.41) is 3.11. The fourth-order valence-corrected chi connectivity index (χ4v) is 2.71. The Morgan fingerprint density at radius 1 is 1.00 bits per heavy atom.